The van der Waals surface area contributed by atoms with E-state index in [0.717, 1.165) is 0 Å². The molecule has 0 aromatic rings. The largest absolute Gasteiger partial charge is 0.394 e. The number of hydrogen-bond acceptors (Lipinski definition) is 7. The number of nitrogens with one attached hydrogen (secondary N) is 1. The highest BCUT2D eigenvalue weighted by molar-refractivity contribution is 8.00. The Morgan fingerprint density at radius 1 is 1.12 bits per heavy atom. The third kappa shape index (κ3) is 15.3. The first-order chi connectivity index (χ1) is 11.8. The molecular weight excluding hydrogens is 346 g/mol. The van der Waals surface area contributed by atoms with Crippen LogP contribution in [0.15, 0.2) is 0 Å². The van der Waals surface area contributed by atoms with Gasteiger partial charge in [0.15, 0.2) is 0 Å². The topological polar surface area (TPSA) is 105 Å². The fourth-order valence-electron chi connectivity index (χ4n) is 1.63. The highest BCUT2D eigenvalue weighted by Crippen LogP contribution is 2.11. The second-order valence-corrected chi connectivity index (χ2v) is 7.75. The highest BCUT2D eigenvalue weighted by atomic mass is 32.2. The van der Waals surface area contributed by atoms with Crippen LogP contribution in [0.1, 0.15) is 33.6 Å². The summed E-state index contributed by atoms with van der Waals surface area (Å²) in [5, 5.41) is 20.6. The zero-order chi connectivity index (χ0) is 19.1. The van der Waals surface area contributed by atoms with Gasteiger partial charge in [-0.15, -0.1) is 0 Å². The number of aliphatic hydroxyl groups excluding tert-OH is 2. The Bertz CT molecular complexity index is 373. The van der Waals surface area contributed by atoms with Gasteiger partial charge in [-0.1, -0.05) is 20.8 Å². The van der Waals surface area contributed by atoms with Crippen LogP contribution in [-0.2, 0) is 19.1 Å². The summed E-state index contributed by atoms with van der Waals surface area (Å²) in [6.07, 6.45) is 0.341. The first-order valence-corrected chi connectivity index (χ1v) is 9.75. The first kappa shape index (κ1) is 24.3. The van der Waals surface area contributed by atoms with Crippen molar-refractivity contribution in [2.24, 2.45) is 5.41 Å². The third-order valence-corrected chi connectivity index (χ3v) is 4.26. The van der Waals surface area contributed by atoms with E-state index in [4.69, 9.17) is 19.7 Å². The lowest BCUT2D eigenvalue weighted by atomic mass is 9.96. The number of amides is 1. The number of carbonyl (C=O) groups is 2. The zero-order valence-electron chi connectivity index (χ0n) is 15.6. The number of rotatable bonds is 15. The molecule has 148 valence electrons. The summed E-state index contributed by atoms with van der Waals surface area (Å²) >= 11 is 1.33. The van der Waals surface area contributed by atoms with Crippen molar-refractivity contribution < 1.29 is 29.3 Å². The summed E-state index contributed by atoms with van der Waals surface area (Å²) in [7, 11) is 0. The molecule has 0 spiro atoms. The van der Waals surface area contributed by atoms with Gasteiger partial charge in [-0.3, -0.25) is 9.59 Å². The highest BCUT2D eigenvalue weighted by Gasteiger charge is 2.20. The first-order valence-electron chi connectivity index (χ1n) is 8.59. The van der Waals surface area contributed by atoms with E-state index >= 15 is 0 Å². The molecule has 0 saturated heterocycles. The predicted octanol–water partition coefficient (Wildman–Crippen LogP) is 0.618. The van der Waals surface area contributed by atoms with Gasteiger partial charge in [0, 0.05) is 30.7 Å². The van der Waals surface area contributed by atoms with E-state index in [-0.39, 0.29) is 18.3 Å². The monoisotopic (exact) mass is 379 g/mol. The smallest absolute Gasteiger partial charge is 0.225 e. The number of thioether (sulfide) groups is 1. The molecule has 0 aromatic carbocycles. The normalized spacial score (nSPS) is 12.8. The lowest BCUT2D eigenvalue weighted by molar-refractivity contribution is -0.128. The van der Waals surface area contributed by atoms with Crippen molar-refractivity contribution in [3.63, 3.8) is 0 Å². The molecule has 0 radical (unpaired) electrons. The molecule has 0 aliphatic heterocycles. The van der Waals surface area contributed by atoms with Crippen LogP contribution >= 0.6 is 11.8 Å². The van der Waals surface area contributed by atoms with E-state index in [1.807, 2.05) is 20.8 Å². The number of carbonyl (C=O) groups excluding carboxylic acids is 2. The molecule has 0 aromatic heterocycles. The summed E-state index contributed by atoms with van der Waals surface area (Å²) in [5.74, 6) is 0.831. The van der Waals surface area contributed by atoms with Crippen molar-refractivity contribution in [2.75, 3.05) is 51.1 Å². The van der Waals surface area contributed by atoms with E-state index in [1.54, 1.807) is 0 Å². The molecule has 7 nitrogen and oxygen atoms in total. The fraction of sp³-hybridized carbons (Fsp3) is 0.882. The Labute approximate surface area is 154 Å². The van der Waals surface area contributed by atoms with Crippen molar-refractivity contribution in [2.45, 2.75) is 39.7 Å². The van der Waals surface area contributed by atoms with Crippen LogP contribution in [0.5, 0.6) is 0 Å². The SMILES string of the molecule is CC(C)(C)C(=O)NCCOCCOCCCC(=O)CSCC(O)CO. The van der Waals surface area contributed by atoms with Gasteiger partial charge in [0.05, 0.1) is 38.3 Å². The van der Waals surface area contributed by atoms with Gasteiger partial charge in [-0.25, -0.2) is 0 Å². The molecule has 1 amide bonds. The molecule has 1 unspecified atom stereocenters. The molecule has 25 heavy (non-hydrogen) atoms. The van der Waals surface area contributed by atoms with Crippen LogP contribution < -0.4 is 5.32 Å². The summed E-state index contributed by atoms with van der Waals surface area (Å²) < 4.78 is 10.7. The number of hydrogen-bond donors (Lipinski definition) is 3. The summed E-state index contributed by atoms with van der Waals surface area (Å²) in [6.45, 7) is 7.64. The average Bonchev–Trinajstić information content (AvgIpc) is 2.55. The Balaban J connectivity index is 3.33. The quantitative estimate of drug-likeness (QED) is 0.358. The molecule has 0 bridgehead atoms. The van der Waals surface area contributed by atoms with Gasteiger partial charge < -0.3 is 25.0 Å². The van der Waals surface area contributed by atoms with Crippen molar-refractivity contribution in [3.05, 3.63) is 0 Å². The Morgan fingerprint density at radius 2 is 1.76 bits per heavy atom. The van der Waals surface area contributed by atoms with Gasteiger partial charge in [0.1, 0.15) is 5.78 Å². The maximum atomic E-state index is 11.6. The standard InChI is InChI=1S/C17H33NO6S/c1-17(2,3)16(22)18-6-8-24-10-9-23-7-4-5-14(20)12-25-13-15(21)11-19/h15,19,21H,4-13H2,1-3H3,(H,18,22). The molecule has 0 fully saturated rings. The molecule has 3 N–H and O–H groups in total. The number of aliphatic hydroxyl groups is 2. The summed E-state index contributed by atoms with van der Waals surface area (Å²) in [5.41, 5.74) is -0.391. The van der Waals surface area contributed by atoms with Crippen LogP contribution in [0.2, 0.25) is 0 Å². The molecule has 0 rings (SSSR count). The average molecular weight is 380 g/mol. The van der Waals surface area contributed by atoms with Gasteiger partial charge in [-0.2, -0.15) is 11.8 Å². The zero-order valence-corrected chi connectivity index (χ0v) is 16.4. The second-order valence-electron chi connectivity index (χ2n) is 6.72. The van der Waals surface area contributed by atoms with E-state index < -0.39 is 11.5 Å². The predicted molar refractivity (Wildman–Crippen MR) is 98.8 cm³/mol. The van der Waals surface area contributed by atoms with E-state index in [0.29, 0.717) is 57.3 Å². The minimum Gasteiger partial charge on any atom is -0.394 e. The molecule has 0 aliphatic carbocycles. The van der Waals surface area contributed by atoms with Crippen LogP contribution in [-0.4, -0.2) is 79.1 Å². The maximum absolute atomic E-state index is 11.6. The number of Topliss-reactive ketones (excluding diaryl/α,β-unsaturated/α-hetero) is 1. The Morgan fingerprint density at radius 3 is 2.36 bits per heavy atom. The van der Waals surface area contributed by atoms with Gasteiger partial charge >= 0.3 is 0 Å². The van der Waals surface area contributed by atoms with Crippen molar-refractivity contribution in [1.29, 1.82) is 0 Å². The minimum absolute atomic E-state index is 0.000973. The van der Waals surface area contributed by atoms with Crippen molar-refractivity contribution >= 4 is 23.5 Å². The Kier molecular flexibility index (Phi) is 14.1. The molecule has 1 atom stereocenters. The second kappa shape index (κ2) is 14.5. The van der Waals surface area contributed by atoms with Gasteiger partial charge in [0.2, 0.25) is 5.91 Å². The van der Waals surface area contributed by atoms with E-state index in [2.05, 4.69) is 5.32 Å². The fourth-order valence-corrected chi connectivity index (χ4v) is 2.50. The van der Waals surface area contributed by atoms with Gasteiger partial charge in [0.25, 0.3) is 0 Å². The van der Waals surface area contributed by atoms with E-state index in [9.17, 15) is 9.59 Å². The van der Waals surface area contributed by atoms with Crippen molar-refractivity contribution in [1.82, 2.24) is 5.32 Å². The van der Waals surface area contributed by atoms with Crippen LogP contribution in [0.3, 0.4) is 0 Å². The maximum Gasteiger partial charge on any atom is 0.225 e. The number of ketones is 1. The molecule has 8 heteroatoms. The Hall–Kier alpha value is -0.670. The van der Waals surface area contributed by atoms with Crippen LogP contribution in [0.4, 0.5) is 0 Å². The van der Waals surface area contributed by atoms with Crippen LogP contribution in [0.25, 0.3) is 0 Å². The molecule has 0 heterocycles. The third-order valence-electron chi connectivity index (χ3n) is 3.11. The summed E-state index contributed by atoms with van der Waals surface area (Å²) in [4.78, 5) is 23.2. The van der Waals surface area contributed by atoms with Crippen LogP contribution in [0, 0.1) is 5.41 Å². The van der Waals surface area contributed by atoms with Crippen molar-refractivity contribution in [3.8, 4) is 0 Å². The minimum atomic E-state index is -0.761. The van der Waals surface area contributed by atoms with E-state index in [1.165, 1.54) is 11.8 Å². The number of ether oxygens (including phenoxy) is 2. The lowest BCUT2D eigenvalue weighted by Gasteiger charge is -2.17. The molecule has 0 saturated carbocycles. The van der Waals surface area contributed by atoms with Gasteiger partial charge in [-0.05, 0) is 6.42 Å². The summed E-state index contributed by atoms with van der Waals surface area (Å²) in [6, 6.07) is 0. The molecular formula is C17H33NO6S. The lowest BCUT2D eigenvalue weighted by Crippen LogP contribution is -2.36. The molecule has 0 aliphatic rings.